The molecule has 0 atom stereocenters. The molecule has 1 heterocycles. The molecule has 1 aliphatic rings. The molecule has 1 saturated heterocycles. The van der Waals surface area contributed by atoms with Gasteiger partial charge >= 0.3 is 0 Å². The van der Waals surface area contributed by atoms with Crippen LogP contribution in [0.3, 0.4) is 0 Å². The standard InChI is InChI=1S/C21H25FN4O2/c1-24(19-5-3-2-4-6-19)16-21(28)26-13-11-25(12-14-26)15-20(27)23-18-9-7-17(22)8-10-18/h2-10H,11-16H2,1H3,(H,23,27). The first-order valence-electron chi connectivity index (χ1n) is 9.33. The van der Waals surface area contributed by atoms with Crippen LogP contribution in [0, 0.1) is 5.82 Å². The molecular formula is C21H25FN4O2. The first-order chi connectivity index (χ1) is 13.5. The fourth-order valence-electron chi connectivity index (χ4n) is 3.17. The summed E-state index contributed by atoms with van der Waals surface area (Å²) in [5, 5.41) is 2.76. The summed E-state index contributed by atoms with van der Waals surface area (Å²) in [6.07, 6.45) is 0. The maximum absolute atomic E-state index is 12.9. The van der Waals surface area contributed by atoms with Gasteiger partial charge in [-0.15, -0.1) is 0 Å². The van der Waals surface area contributed by atoms with Gasteiger partial charge in [0, 0.05) is 44.6 Å². The molecule has 0 aromatic heterocycles. The lowest BCUT2D eigenvalue weighted by molar-refractivity contribution is -0.131. The number of carbonyl (C=O) groups excluding carboxylic acids is 2. The molecule has 0 aliphatic carbocycles. The van der Waals surface area contributed by atoms with Crippen LogP contribution in [0.15, 0.2) is 54.6 Å². The topological polar surface area (TPSA) is 55.9 Å². The van der Waals surface area contributed by atoms with E-state index in [1.54, 1.807) is 0 Å². The summed E-state index contributed by atoms with van der Waals surface area (Å²) in [5.74, 6) is -0.395. The Morgan fingerprint density at radius 3 is 2.29 bits per heavy atom. The Bertz CT molecular complexity index is 790. The molecule has 2 aromatic carbocycles. The van der Waals surface area contributed by atoms with Gasteiger partial charge < -0.3 is 15.1 Å². The molecule has 0 spiro atoms. The SMILES string of the molecule is CN(CC(=O)N1CCN(CC(=O)Nc2ccc(F)cc2)CC1)c1ccccc1. The van der Waals surface area contributed by atoms with Crippen molar-refractivity contribution in [2.24, 2.45) is 0 Å². The van der Waals surface area contributed by atoms with Crippen LogP contribution in [0.2, 0.25) is 0 Å². The van der Waals surface area contributed by atoms with Crippen molar-refractivity contribution in [3.8, 4) is 0 Å². The lowest BCUT2D eigenvalue weighted by atomic mass is 10.2. The minimum absolute atomic E-state index is 0.0850. The second-order valence-electron chi connectivity index (χ2n) is 6.90. The second kappa shape index (κ2) is 9.32. The maximum Gasteiger partial charge on any atom is 0.242 e. The summed E-state index contributed by atoms with van der Waals surface area (Å²) in [6, 6.07) is 15.5. The molecule has 0 bridgehead atoms. The van der Waals surface area contributed by atoms with Crippen molar-refractivity contribution in [1.82, 2.24) is 9.80 Å². The van der Waals surface area contributed by atoms with Gasteiger partial charge in [0.25, 0.3) is 0 Å². The van der Waals surface area contributed by atoms with E-state index in [2.05, 4.69) is 5.32 Å². The monoisotopic (exact) mass is 384 g/mol. The van der Waals surface area contributed by atoms with E-state index in [9.17, 15) is 14.0 Å². The molecule has 1 aliphatic heterocycles. The Balaban J connectivity index is 1.41. The lowest BCUT2D eigenvalue weighted by Crippen LogP contribution is -2.52. The van der Waals surface area contributed by atoms with Crippen LogP contribution in [0.4, 0.5) is 15.8 Å². The number of hydrogen-bond acceptors (Lipinski definition) is 4. The molecule has 28 heavy (non-hydrogen) atoms. The number of benzene rings is 2. The quantitative estimate of drug-likeness (QED) is 0.828. The van der Waals surface area contributed by atoms with Gasteiger partial charge in [0.05, 0.1) is 13.1 Å². The fourth-order valence-corrected chi connectivity index (χ4v) is 3.17. The Morgan fingerprint density at radius 1 is 1.00 bits per heavy atom. The van der Waals surface area contributed by atoms with Crippen LogP contribution in [-0.2, 0) is 9.59 Å². The summed E-state index contributed by atoms with van der Waals surface area (Å²) in [5.41, 5.74) is 1.58. The summed E-state index contributed by atoms with van der Waals surface area (Å²) >= 11 is 0. The van der Waals surface area contributed by atoms with Crippen LogP contribution in [0.25, 0.3) is 0 Å². The molecule has 2 aromatic rings. The molecule has 1 fully saturated rings. The zero-order valence-corrected chi connectivity index (χ0v) is 16.0. The van der Waals surface area contributed by atoms with Gasteiger partial charge in [-0.2, -0.15) is 0 Å². The van der Waals surface area contributed by atoms with E-state index in [-0.39, 0.29) is 24.2 Å². The number of para-hydroxylation sites is 1. The first kappa shape index (κ1) is 19.8. The van der Waals surface area contributed by atoms with Gasteiger partial charge in [0.1, 0.15) is 5.82 Å². The van der Waals surface area contributed by atoms with Crippen molar-refractivity contribution in [2.75, 3.05) is 56.5 Å². The Kier molecular flexibility index (Phi) is 6.60. The maximum atomic E-state index is 12.9. The zero-order chi connectivity index (χ0) is 19.9. The number of rotatable bonds is 6. The second-order valence-corrected chi connectivity index (χ2v) is 6.90. The van der Waals surface area contributed by atoms with Crippen molar-refractivity contribution in [1.29, 1.82) is 0 Å². The Labute approximate surface area is 164 Å². The minimum atomic E-state index is -0.336. The number of piperazine rings is 1. The largest absolute Gasteiger partial charge is 0.365 e. The zero-order valence-electron chi connectivity index (χ0n) is 16.0. The number of carbonyl (C=O) groups is 2. The Hall–Kier alpha value is -2.93. The van der Waals surface area contributed by atoms with Crippen molar-refractivity contribution in [3.05, 3.63) is 60.4 Å². The van der Waals surface area contributed by atoms with Crippen molar-refractivity contribution >= 4 is 23.2 Å². The van der Waals surface area contributed by atoms with Crippen molar-refractivity contribution < 1.29 is 14.0 Å². The van der Waals surface area contributed by atoms with E-state index in [4.69, 9.17) is 0 Å². The number of nitrogens with zero attached hydrogens (tertiary/aromatic N) is 3. The van der Waals surface area contributed by atoms with Gasteiger partial charge in [0.2, 0.25) is 11.8 Å². The van der Waals surface area contributed by atoms with E-state index in [1.165, 1.54) is 24.3 Å². The van der Waals surface area contributed by atoms with Crippen LogP contribution >= 0.6 is 0 Å². The number of hydrogen-bond donors (Lipinski definition) is 1. The number of anilines is 2. The van der Waals surface area contributed by atoms with E-state index < -0.39 is 0 Å². The number of amides is 2. The molecule has 0 radical (unpaired) electrons. The van der Waals surface area contributed by atoms with E-state index in [0.717, 1.165) is 5.69 Å². The molecule has 148 valence electrons. The Morgan fingerprint density at radius 2 is 1.64 bits per heavy atom. The molecule has 0 unspecified atom stereocenters. The number of halogens is 1. The van der Waals surface area contributed by atoms with Crippen LogP contribution in [0.5, 0.6) is 0 Å². The van der Waals surface area contributed by atoms with E-state index >= 15 is 0 Å². The summed E-state index contributed by atoms with van der Waals surface area (Å²) in [4.78, 5) is 30.5. The van der Waals surface area contributed by atoms with Crippen molar-refractivity contribution in [3.63, 3.8) is 0 Å². The average Bonchev–Trinajstić information content (AvgIpc) is 2.71. The molecule has 6 nitrogen and oxygen atoms in total. The van der Waals surface area contributed by atoms with Crippen LogP contribution in [0.1, 0.15) is 0 Å². The van der Waals surface area contributed by atoms with Crippen LogP contribution < -0.4 is 10.2 Å². The van der Waals surface area contributed by atoms with E-state index in [1.807, 2.05) is 52.1 Å². The van der Waals surface area contributed by atoms with Crippen molar-refractivity contribution in [2.45, 2.75) is 0 Å². The number of nitrogens with one attached hydrogen (secondary N) is 1. The highest BCUT2D eigenvalue weighted by Gasteiger charge is 2.23. The smallest absolute Gasteiger partial charge is 0.242 e. The van der Waals surface area contributed by atoms with Gasteiger partial charge in [-0.1, -0.05) is 18.2 Å². The van der Waals surface area contributed by atoms with Gasteiger partial charge in [0.15, 0.2) is 0 Å². The molecule has 2 amide bonds. The lowest BCUT2D eigenvalue weighted by Gasteiger charge is -2.35. The highest BCUT2D eigenvalue weighted by atomic mass is 19.1. The normalized spacial score (nSPS) is 14.6. The van der Waals surface area contributed by atoms with Gasteiger partial charge in [-0.25, -0.2) is 4.39 Å². The number of likely N-dealkylation sites (N-methyl/N-ethyl adjacent to an activating group) is 1. The third-order valence-corrected chi connectivity index (χ3v) is 4.79. The van der Waals surface area contributed by atoms with E-state index in [0.29, 0.717) is 38.4 Å². The molecule has 7 heteroatoms. The highest BCUT2D eigenvalue weighted by Crippen LogP contribution is 2.12. The summed E-state index contributed by atoms with van der Waals surface area (Å²) in [6.45, 7) is 3.09. The predicted octanol–water partition coefficient (Wildman–Crippen LogP) is 2.04. The summed E-state index contributed by atoms with van der Waals surface area (Å²) in [7, 11) is 1.91. The third kappa shape index (κ3) is 5.53. The molecular weight excluding hydrogens is 359 g/mol. The third-order valence-electron chi connectivity index (χ3n) is 4.79. The molecule has 3 rings (SSSR count). The molecule has 0 saturated carbocycles. The highest BCUT2D eigenvalue weighted by molar-refractivity contribution is 5.92. The molecule has 1 N–H and O–H groups in total. The average molecular weight is 384 g/mol. The summed E-state index contributed by atoms with van der Waals surface area (Å²) < 4.78 is 12.9. The van der Waals surface area contributed by atoms with Gasteiger partial charge in [-0.05, 0) is 36.4 Å². The van der Waals surface area contributed by atoms with Gasteiger partial charge in [-0.3, -0.25) is 14.5 Å². The predicted molar refractivity (Wildman–Crippen MR) is 108 cm³/mol. The fraction of sp³-hybridized carbons (Fsp3) is 0.333. The first-order valence-corrected chi connectivity index (χ1v) is 9.33. The van der Waals surface area contributed by atoms with Crippen LogP contribution in [-0.4, -0.2) is 67.9 Å². The minimum Gasteiger partial charge on any atom is -0.365 e.